The van der Waals surface area contributed by atoms with Gasteiger partial charge in [-0.25, -0.2) is 4.98 Å². The van der Waals surface area contributed by atoms with Crippen LogP contribution in [-0.2, 0) is 7.05 Å². The summed E-state index contributed by atoms with van der Waals surface area (Å²) in [6.07, 6.45) is 3.84. The fourth-order valence-electron chi connectivity index (χ4n) is 2.29. The van der Waals surface area contributed by atoms with Crippen LogP contribution >= 0.6 is 0 Å². The van der Waals surface area contributed by atoms with E-state index >= 15 is 0 Å². The summed E-state index contributed by atoms with van der Waals surface area (Å²) >= 11 is 0. The summed E-state index contributed by atoms with van der Waals surface area (Å²) in [6.45, 7) is 7.48. The number of benzene rings is 1. The van der Waals surface area contributed by atoms with Crippen LogP contribution < -0.4 is 5.32 Å². The van der Waals surface area contributed by atoms with Gasteiger partial charge in [-0.3, -0.25) is 0 Å². The van der Waals surface area contributed by atoms with Gasteiger partial charge in [0.1, 0.15) is 5.82 Å². The Morgan fingerprint density at radius 2 is 1.79 bits per heavy atom. The van der Waals surface area contributed by atoms with E-state index in [-0.39, 0.29) is 6.04 Å². The molecule has 0 saturated heterocycles. The van der Waals surface area contributed by atoms with Gasteiger partial charge in [0, 0.05) is 19.4 Å². The zero-order chi connectivity index (χ0) is 13.8. The molecule has 3 heteroatoms. The van der Waals surface area contributed by atoms with E-state index in [2.05, 4.69) is 59.9 Å². The van der Waals surface area contributed by atoms with Crippen molar-refractivity contribution >= 4 is 0 Å². The number of nitrogens with zero attached hydrogens (tertiary/aromatic N) is 2. The summed E-state index contributed by atoms with van der Waals surface area (Å²) in [5.41, 5.74) is 2.64. The van der Waals surface area contributed by atoms with Crippen LogP contribution in [0.3, 0.4) is 0 Å². The van der Waals surface area contributed by atoms with E-state index in [9.17, 15) is 0 Å². The summed E-state index contributed by atoms with van der Waals surface area (Å²) in [5, 5.41) is 3.51. The third kappa shape index (κ3) is 3.04. The first-order valence-corrected chi connectivity index (χ1v) is 6.94. The van der Waals surface area contributed by atoms with Crippen molar-refractivity contribution in [3.05, 3.63) is 53.6 Å². The Morgan fingerprint density at radius 3 is 2.26 bits per heavy atom. The second-order valence-corrected chi connectivity index (χ2v) is 5.21. The quantitative estimate of drug-likeness (QED) is 0.891. The average Bonchev–Trinajstić information content (AvgIpc) is 2.82. The lowest BCUT2D eigenvalue weighted by atomic mass is 9.98. The second kappa shape index (κ2) is 6.02. The summed E-state index contributed by atoms with van der Waals surface area (Å²) in [5.74, 6) is 1.62. The van der Waals surface area contributed by atoms with Gasteiger partial charge in [-0.2, -0.15) is 0 Å². The number of hydrogen-bond donors (Lipinski definition) is 1. The molecular formula is C16H23N3. The van der Waals surface area contributed by atoms with Crippen molar-refractivity contribution in [2.24, 2.45) is 7.05 Å². The van der Waals surface area contributed by atoms with Gasteiger partial charge in [-0.05, 0) is 23.6 Å². The minimum atomic E-state index is 0.159. The summed E-state index contributed by atoms with van der Waals surface area (Å²) in [4.78, 5) is 4.47. The van der Waals surface area contributed by atoms with Gasteiger partial charge in [0.05, 0.1) is 6.04 Å². The Bertz CT molecular complexity index is 511. The van der Waals surface area contributed by atoms with Crippen molar-refractivity contribution in [3.63, 3.8) is 0 Å². The average molecular weight is 257 g/mol. The fraction of sp³-hybridized carbons (Fsp3) is 0.438. The van der Waals surface area contributed by atoms with Crippen molar-refractivity contribution in [2.45, 2.75) is 32.7 Å². The van der Waals surface area contributed by atoms with Crippen LogP contribution in [0.1, 0.15) is 49.7 Å². The molecule has 0 aliphatic heterocycles. The summed E-state index contributed by atoms with van der Waals surface area (Å²) in [6, 6.07) is 9.00. The SMILES string of the molecule is CCNC(c1ccc(C(C)C)cc1)c1nccn1C. The molecule has 0 saturated carbocycles. The van der Waals surface area contributed by atoms with Crippen LogP contribution in [0.4, 0.5) is 0 Å². The molecule has 19 heavy (non-hydrogen) atoms. The molecule has 0 amide bonds. The first-order valence-electron chi connectivity index (χ1n) is 6.94. The maximum atomic E-state index is 4.47. The van der Waals surface area contributed by atoms with Gasteiger partial charge < -0.3 is 9.88 Å². The molecule has 2 rings (SSSR count). The maximum Gasteiger partial charge on any atom is 0.130 e. The lowest BCUT2D eigenvalue weighted by Crippen LogP contribution is -2.24. The van der Waals surface area contributed by atoms with Gasteiger partial charge in [0.25, 0.3) is 0 Å². The van der Waals surface area contributed by atoms with Gasteiger partial charge in [-0.1, -0.05) is 45.0 Å². The van der Waals surface area contributed by atoms with E-state index in [1.54, 1.807) is 0 Å². The Balaban J connectivity index is 2.31. The zero-order valence-electron chi connectivity index (χ0n) is 12.2. The molecular weight excluding hydrogens is 234 g/mol. The number of rotatable bonds is 5. The third-order valence-electron chi connectivity index (χ3n) is 3.46. The Labute approximate surface area is 115 Å². The highest BCUT2D eigenvalue weighted by atomic mass is 15.1. The van der Waals surface area contributed by atoms with E-state index in [4.69, 9.17) is 0 Å². The molecule has 0 radical (unpaired) electrons. The normalized spacial score (nSPS) is 12.9. The minimum Gasteiger partial charge on any atom is -0.336 e. The van der Waals surface area contributed by atoms with E-state index in [0.717, 1.165) is 12.4 Å². The highest BCUT2D eigenvalue weighted by Crippen LogP contribution is 2.22. The summed E-state index contributed by atoms with van der Waals surface area (Å²) in [7, 11) is 2.04. The maximum absolute atomic E-state index is 4.47. The molecule has 2 aromatic rings. The van der Waals surface area contributed by atoms with Crippen molar-refractivity contribution in [1.29, 1.82) is 0 Å². The van der Waals surface area contributed by atoms with Gasteiger partial charge >= 0.3 is 0 Å². The number of imidazole rings is 1. The lowest BCUT2D eigenvalue weighted by Gasteiger charge is -2.19. The molecule has 0 bridgehead atoms. The van der Waals surface area contributed by atoms with Crippen LogP contribution in [0, 0.1) is 0 Å². The predicted molar refractivity (Wildman–Crippen MR) is 79.3 cm³/mol. The predicted octanol–water partition coefficient (Wildman–Crippen LogP) is 3.24. The van der Waals surface area contributed by atoms with E-state index < -0.39 is 0 Å². The topological polar surface area (TPSA) is 29.9 Å². The first-order chi connectivity index (χ1) is 9.13. The number of aromatic nitrogens is 2. The lowest BCUT2D eigenvalue weighted by molar-refractivity contribution is 0.577. The molecule has 1 atom stereocenters. The Hall–Kier alpha value is -1.61. The molecule has 1 N–H and O–H groups in total. The molecule has 0 spiro atoms. The van der Waals surface area contributed by atoms with Crippen LogP contribution in [0.25, 0.3) is 0 Å². The van der Waals surface area contributed by atoms with Gasteiger partial charge in [0.15, 0.2) is 0 Å². The number of hydrogen-bond acceptors (Lipinski definition) is 2. The standard InChI is InChI=1S/C16H23N3/c1-5-17-15(16-18-10-11-19(16)4)14-8-6-13(7-9-14)12(2)3/h6-12,15,17H,5H2,1-4H3. The molecule has 1 heterocycles. The fourth-order valence-corrected chi connectivity index (χ4v) is 2.29. The number of nitrogens with one attached hydrogen (secondary N) is 1. The van der Waals surface area contributed by atoms with Crippen molar-refractivity contribution in [2.75, 3.05) is 6.54 Å². The molecule has 0 fully saturated rings. The highest BCUT2D eigenvalue weighted by molar-refractivity contribution is 5.30. The molecule has 0 aliphatic carbocycles. The minimum absolute atomic E-state index is 0.159. The molecule has 3 nitrogen and oxygen atoms in total. The third-order valence-corrected chi connectivity index (χ3v) is 3.46. The largest absolute Gasteiger partial charge is 0.336 e. The zero-order valence-corrected chi connectivity index (χ0v) is 12.2. The first kappa shape index (κ1) is 13.8. The van der Waals surface area contributed by atoms with Crippen LogP contribution in [-0.4, -0.2) is 16.1 Å². The van der Waals surface area contributed by atoms with Crippen molar-refractivity contribution in [1.82, 2.24) is 14.9 Å². The van der Waals surface area contributed by atoms with Gasteiger partial charge in [0.2, 0.25) is 0 Å². The number of aryl methyl sites for hydroxylation is 1. The monoisotopic (exact) mass is 257 g/mol. The molecule has 1 aromatic carbocycles. The van der Waals surface area contributed by atoms with Gasteiger partial charge in [-0.15, -0.1) is 0 Å². The van der Waals surface area contributed by atoms with Crippen molar-refractivity contribution in [3.8, 4) is 0 Å². The highest BCUT2D eigenvalue weighted by Gasteiger charge is 2.17. The van der Waals surface area contributed by atoms with E-state index in [1.807, 2.05) is 19.4 Å². The van der Waals surface area contributed by atoms with E-state index in [1.165, 1.54) is 11.1 Å². The van der Waals surface area contributed by atoms with Crippen LogP contribution in [0.15, 0.2) is 36.7 Å². The summed E-state index contributed by atoms with van der Waals surface area (Å²) < 4.78 is 2.07. The molecule has 1 unspecified atom stereocenters. The molecule has 0 aliphatic rings. The Morgan fingerprint density at radius 1 is 1.16 bits per heavy atom. The molecule has 1 aromatic heterocycles. The van der Waals surface area contributed by atoms with Crippen LogP contribution in [0.2, 0.25) is 0 Å². The second-order valence-electron chi connectivity index (χ2n) is 5.21. The smallest absolute Gasteiger partial charge is 0.130 e. The molecule has 102 valence electrons. The van der Waals surface area contributed by atoms with Crippen LogP contribution in [0.5, 0.6) is 0 Å². The van der Waals surface area contributed by atoms with E-state index in [0.29, 0.717) is 5.92 Å². The van der Waals surface area contributed by atoms with Crippen molar-refractivity contribution < 1.29 is 0 Å². The Kier molecular flexibility index (Phi) is 4.38.